The minimum Gasteiger partial charge on any atom is -0.497 e. The maximum Gasteiger partial charge on any atom is 0.140 e. The highest BCUT2D eigenvalue weighted by Gasteiger charge is 2.20. The Balaban J connectivity index is 1.55. The van der Waals surface area contributed by atoms with Gasteiger partial charge in [-0.05, 0) is 30.3 Å². The van der Waals surface area contributed by atoms with Crippen molar-refractivity contribution < 1.29 is 4.74 Å². The molecule has 1 aliphatic rings. The molecule has 0 saturated carbocycles. The van der Waals surface area contributed by atoms with Gasteiger partial charge in [0.2, 0.25) is 0 Å². The van der Waals surface area contributed by atoms with Gasteiger partial charge < -0.3 is 14.5 Å². The van der Waals surface area contributed by atoms with Crippen molar-refractivity contribution in [3.63, 3.8) is 0 Å². The average Bonchev–Trinajstić information content (AvgIpc) is 2.67. The summed E-state index contributed by atoms with van der Waals surface area (Å²) in [6.07, 6.45) is 1.63. The number of anilines is 2. The zero-order chi connectivity index (χ0) is 17.2. The number of hydrogen-bond donors (Lipinski definition) is 0. The van der Waals surface area contributed by atoms with Crippen LogP contribution in [0.5, 0.6) is 5.75 Å². The van der Waals surface area contributed by atoms with Crippen LogP contribution >= 0.6 is 11.6 Å². The predicted molar refractivity (Wildman–Crippen MR) is 102 cm³/mol. The quantitative estimate of drug-likeness (QED) is 0.718. The Bertz CT molecular complexity index is 893. The zero-order valence-electron chi connectivity index (χ0n) is 14.0. The van der Waals surface area contributed by atoms with Gasteiger partial charge in [0.15, 0.2) is 0 Å². The summed E-state index contributed by atoms with van der Waals surface area (Å²) in [5.41, 5.74) is 2.11. The van der Waals surface area contributed by atoms with Gasteiger partial charge in [-0.3, -0.25) is 0 Å². The van der Waals surface area contributed by atoms with Gasteiger partial charge >= 0.3 is 0 Å². The summed E-state index contributed by atoms with van der Waals surface area (Å²) in [5, 5.41) is 1.71. The van der Waals surface area contributed by atoms with E-state index in [0.717, 1.165) is 48.6 Å². The van der Waals surface area contributed by atoms with E-state index in [1.165, 1.54) is 5.69 Å². The van der Waals surface area contributed by atoms with Crippen LogP contribution in [-0.4, -0.2) is 43.3 Å². The Morgan fingerprint density at radius 3 is 2.56 bits per heavy atom. The summed E-state index contributed by atoms with van der Waals surface area (Å²) in [6, 6.07) is 13.9. The van der Waals surface area contributed by atoms with Gasteiger partial charge in [0.25, 0.3) is 0 Å². The van der Waals surface area contributed by atoms with Crippen molar-refractivity contribution in [3.05, 3.63) is 53.8 Å². The number of rotatable bonds is 3. The summed E-state index contributed by atoms with van der Waals surface area (Å²) in [5.74, 6) is 1.84. The number of methoxy groups -OCH3 is 1. The normalized spacial score (nSPS) is 14.8. The first-order chi connectivity index (χ1) is 12.2. The fourth-order valence-electron chi connectivity index (χ4n) is 3.25. The lowest BCUT2D eigenvalue weighted by atomic mass is 10.2. The molecule has 3 aromatic rings. The van der Waals surface area contributed by atoms with E-state index >= 15 is 0 Å². The van der Waals surface area contributed by atoms with E-state index in [0.29, 0.717) is 5.02 Å². The Kier molecular flexibility index (Phi) is 4.32. The van der Waals surface area contributed by atoms with E-state index in [2.05, 4.69) is 31.9 Å². The third kappa shape index (κ3) is 3.20. The van der Waals surface area contributed by atoms with E-state index in [-0.39, 0.29) is 0 Å². The number of benzene rings is 2. The Morgan fingerprint density at radius 1 is 0.960 bits per heavy atom. The summed E-state index contributed by atoms with van der Waals surface area (Å²) < 4.78 is 5.33. The monoisotopic (exact) mass is 354 g/mol. The molecular formula is C19H19ClN4O. The number of halogens is 1. The fourth-order valence-corrected chi connectivity index (χ4v) is 3.42. The minimum absolute atomic E-state index is 0.707. The molecule has 0 unspecified atom stereocenters. The summed E-state index contributed by atoms with van der Waals surface area (Å²) >= 11 is 6.17. The SMILES string of the molecule is COc1cccc(N2CCN(c3ncnc4ccc(Cl)cc34)CC2)c1. The van der Waals surface area contributed by atoms with Crippen molar-refractivity contribution in [2.24, 2.45) is 0 Å². The number of aromatic nitrogens is 2. The van der Waals surface area contributed by atoms with Gasteiger partial charge in [0.1, 0.15) is 17.9 Å². The number of piperazine rings is 1. The van der Waals surface area contributed by atoms with Crippen LogP contribution < -0.4 is 14.5 Å². The van der Waals surface area contributed by atoms with Crippen molar-refractivity contribution in [2.45, 2.75) is 0 Å². The Morgan fingerprint density at radius 2 is 1.76 bits per heavy atom. The summed E-state index contributed by atoms with van der Waals surface area (Å²) in [7, 11) is 1.70. The minimum atomic E-state index is 0.707. The van der Waals surface area contributed by atoms with Crippen LogP contribution in [0.4, 0.5) is 11.5 Å². The molecule has 1 saturated heterocycles. The van der Waals surface area contributed by atoms with E-state index in [4.69, 9.17) is 16.3 Å². The lowest BCUT2D eigenvalue weighted by Gasteiger charge is -2.37. The first-order valence-corrected chi connectivity index (χ1v) is 8.66. The maximum atomic E-state index is 6.17. The second-order valence-corrected chi connectivity index (χ2v) is 6.47. The molecule has 0 aliphatic carbocycles. The fraction of sp³-hybridized carbons (Fsp3) is 0.263. The van der Waals surface area contributed by atoms with Crippen LogP contribution in [0.2, 0.25) is 5.02 Å². The van der Waals surface area contributed by atoms with Crippen molar-refractivity contribution in [3.8, 4) is 5.75 Å². The van der Waals surface area contributed by atoms with E-state index in [9.17, 15) is 0 Å². The van der Waals surface area contributed by atoms with Crippen LogP contribution in [0.25, 0.3) is 10.9 Å². The van der Waals surface area contributed by atoms with Crippen molar-refractivity contribution >= 4 is 34.0 Å². The van der Waals surface area contributed by atoms with Crippen molar-refractivity contribution in [1.82, 2.24) is 9.97 Å². The summed E-state index contributed by atoms with van der Waals surface area (Å²) in [4.78, 5) is 13.5. The zero-order valence-corrected chi connectivity index (χ0v) is 14.8. The van der Waals surface area contributed by atoms with Crippen LogP contribution in [0.3, 0.4) is 0 Å². The van der Waals surface area contributed by atoms with Crippen molar-refractivity contribution in [2.75, 3.05) is 43.1 Å². The largest absolute Gasteiger partial charge is 0.497 e. The third-order valence-corrected chi connectivity index (χ3v) is 4.81. The molecular weight excluding hydrogens is 336 g/mol. The van der Waals surface area contributed by atoms with E-state index in [1.54, 1.807) is 13.4 Å². The molecule has 1 aromatic heterocycles. The maximum absolute atomic E-state index is 6.17. The molecule has 5 nitrogen and oxygen atoms in total. The average molecular weight is 355 g/mol. The standard InChI is InChI=1S/C19H19ClN4O/c1-25-16-4-2-3-15(12-16)23-7-9-24(10-8-23)19-17-11-14(20)5-6-18(17)21-13-22-19/h2-6,11-13H,7-10H2,1H3. The molecule has 2 heterocycles. The van der Waals surface area contributed by atoms with E-state index in [1.807, 2.05) is 30.3 Å². The molecule has 0 spiro atoms. The highest BCUT2D eigenvalue weighted by molar-refractivity contribution is 6.31. The number of hydrogen-bond acceptors (Lipinski definition) is 5. The molecule has 0 amide bonds. The molecule has 1 fully saturated rings. The molecule has 6 heteroatoms. The Labute approximate surface area is 151 Å². The molecule has 0 radical (unpaired) electrons. The van der Waals surface area contributed by atoms with Gasteiger partial charge in [-0.2, -0.15) is 0 Å². The van der Waals surface area contributed by atoms with Gasteiger partial charge in [0, 0.05) is 48.3 Å². The van der Waals surface area contributed by atoms with E-state index < -0.39 is 0 Å². The predicted octanol–water partition coefficient (Wildman–Crippen LogP) is 3.62. The highest BCUT2D eigenvalue weighted by Crippen LogP contribution is 2.28. The molecule has 0 bridgehead atoms. The smallest absolute Gasteiger partial charge is 0.140 e. The molecule has 25 heavy (non-hydrogen) atoms. The van der Waals surface area contributed by atoms with Crippen molar-refractivity contribution in [1.29, 1.82) is 0 Å². The first-order valence-electron chi connectivity index (χ1n) is 8.29. The number of ether oxygens (including phenoxy) is 1. The van der Waals surface area contributed by atoms with Crippen LogP contribution in [0, 0.1) is 0 Å². The van der Waals surface area contributed by atoms with Gasteiger partial charge in [-0.1, -0.05) is 17.7 Å². The molecule has 0 atom stereocenters. The van der Waals surface area contributed by atoms with Crippen LogP contribution in [-0.2, 0) is 0 Å². The summed E-state index contributed by atoms with van der Waals surface area (Å²) in [6.45, 7) is 3.66. The molecule has 4 rings (SSSR count). The Hall–Kier alpha value is -2.53. The molecule has 2 aromatic carbocycles. The lowest BCUT2D eigenvalue weighted by Crippen LogP contribution is -2.46. The van der Waals surface area contributed by atoms with Crippen LogP contribution in [0.15, 0.2) is 48.8 Å². The molecule has 0 N–H and O–H groups in total. The van der Waals surface area contributed by atoms with Gasteiger partial charge in [-0.15, -0.1) is 0 Å². The molecule has 1 aliphatic heterocycles. The number of fused-ring (bicyclic) bond motifs is 1. The lowest BCUT2D eigenvalue weighted by molar-refractivity contribution is 0.414. The van der Waals surface area contributed by atoms with Gasteiger partial charge in [0.05, 0.1) is 12.6 Å². The van der Waals surface area contributed by atoms with Crippen LogP contribution in [0.1, 0.15) is 0 Å². The highest BCUT2D eigenvalue weighted by atomic mass is 35.5. The van der Waals surface area contributed by atoms with Gasteiger partial charge in [-0.25, -0.2) is 9.97 Å². The second kappa shape index (κ2) is 6.76. The number of nitrogens with zero attached hydrogens (tertiary/aromatic N) is 4. The molecule has 128 valence electrons. The third-order valence-electron chi connectivity index (χ3n) is 4.57. The topological polar surface area (TPSA) is 41.5 Å². The first kappa shape index (κ1) is 16.0. The second-order valence-electron chi connectivity index (χ2n) is 6.03.